The maximum absolute atomic E-state index is 11.6. The first-order valence-corrected chi connectivity index (χ1v) is 13.5. The average molecular weight is 343 g/mol. The van der Waals surface area contributed by atoms with E-state index in [-0.39, 0.29) is 0 Å². The molecule has 0 aromatic carbocycles. The summed E-state index contributed by atoms with van der Waals surface area (Å²) in [4.78, 5) is 22.7. The quantitative estimate of drug-likeness (QED) is 0.309. The van der Waals surface area contributed by atoms with E-state index >= 15 is 0 Å². The van der Waals surface area contributed by atoms with Crippen molar-refractivity contribution in [2.75, 3.05) is 0 Å². The fraction of sp³-hybridized carbons (Fsp3) is 0.889. The normalized spacial score (nSPS) is 12.9. The summed E-state index contributed by atoms with van der Waals surface area (Å²) in [6, 6.07) is 1.15. The molecule has 0 aliphatic rings. The number of carbonyl (C=O) groups is 2. The fourth-order valence-electron chi connectivity index (χ4n) is 2.98. The van der Waals surface area contributed by atoms with E-state index in [2.05, 4.69) is 6.92 Å². The van der Waals surface area contributed by atoms with E-state index in [0.717, 1.165) is 11.7 Å². The average Bonchev–Trinajstić information content (AvgIpc) is 2.47. The molecule has 0 aliphatic heterocycles. The molecule has 0 spiro atoms. The van der Waals surface area contributed by atoms with Crippen molar-refractivity contribution in [3.05, 3.63) is 0 Å². The highest BCUT2D eigenvalue weighted by atomic mass is 28.3. The van der Waals surface area contributed by atoms with Crippen LogP contribution in [-0.2, 0) is 9.59 Å². The van der Waals surface area contributed by atoms with Crippen molar-refractivity contribution >= 4 is 29.1 Å². The van der Waals surface area contributed by atoms with Gasteiger partial charge in [-0.1, -0.05) is 89.3 Å². The monoisotopic (exact) mass is 342 g/mol. The molecule has 0 aromatic heterocycles. The van der Waals surface area contributed by atoms with Gasteiger partial charge in [0.1, 0.15) is 19.6 Å². The van der Waals surface area contributed by atoms with Crippen LogP contribution in [0.2, 0.25) is 11.7 Å². The topological polar surface area (TPSA) is 34.1 Å². The van der Waals surface area contributed by atoms with Crippen LogP contribution in [0, 0.1) is 0 Å². The highest BCUT2D eigenvalue weighted by Gasteiger charge is 2.16. The molecule has 0 amide bonds. The second kappa shape index (κ2) is 15.7. The predicted octanol–water partition coefficient (Wildman–Crippen LogP) is 4.33. The SMILES string of the molecule is CCCCCCCCCCCCC[SiH](C[SiH2]C(C)=O)C(C)=O. The van der Waals surface area contributed by atoms with Gasteiger partial charge >= 0.3 is 0 Å². The Morgan fingerprint density at radius 3 is 1.64 bits per heavy atom. The molecule has 1 unspecified atom stereocenters. The molecule has 0 heterocycles. The molecular formula is C18H38O2Si2. The predicted molar refractivity (Wildman–Crippen MR) is 103 cm³/mol. The van der Waals surface area contributed by atoms with Crippen molar-refractivity contribution < 1.29 is 9.59 Å². The molecule has 0 rings (SSSR count). The Balaban J connectivity index is 3.42. The molecule has 2 nitrogen and oxygen atoms in total. The fourth-order valence-corrected chi connectivity index (χ4v) is 9.97. The van der Waals surface area contributed by atoms with Crippen molar-refractivity contribution in [3.8, 4) is 0 Å². The Bertz CT molecular complexity index is 293. The van der Waals surface area contributed by atoms with Gasteiger partial charge in [0, 0.05) is 0 Å². The van der Waals surface area contributed by atoms with Gasteiger partial charge in [0.05, 0.1) is 9.52 Å². The summed E-state index contributed by atoms with van der Waals surface area (Å²) in [5.41, 5.74) is 1.03. The molecule has 0 aromatic rings. The Hall–Kier alpha value is -0.226. The zero-order valence-corrected chi connectivity index (χ0v) is 17.9. The second-order valence-electron chi connectivity index (χ2n) is 6.87. The van der Waals surface area contributed by atoms with Gasteiger partial charge in [-0.05, 0) is 13.8 Å². The van der Waals surface area contributed by atoms with E-state index < -0.39 is 18.3 Å². The van der Waals surface area contributed by atoms with Crippen molar-refractivity contribution in [3.63, 3.8) is 0 Å². The van der Waals surface area contributed by atoms with Crippen molar-refractivity contribution in [1.82, 2.24) is 0 Å². The number of rotatable bonds is 16. The third kappa shape index (κ3) is 14.7. The Kier molecular flexibility index (Phi) is 15.5. The van der Waals surface area contributed by atoms with Crippen LogP contribution in [0.1, 0.15) is 91.4 Å². The molecule has 0 N–H and O–H groups in total. The third-order valence-electron chi connectivity index (χ3n) is 4.58. The second-order valence-corrected chi connectivity index (χ2v) is 13.5. The largest absolute Gasteiger partial charge is 0.307 e. The number of hydrogen-bond donors (Lipinski definition) is 0. The Morgan fingerprint density at radius 2 is 1.23 bits per heavy atom. The van der Waals surface area contributed by atoms with Gasteiger partial charge in [0.25, 0.3) is 0 Å². The first-order chi connectivity index (χ1) is 10.6. The Labute approximate surface area is 142 Å². The zero-order chi connectivity index (χ0) is 16.6. The van der Waals surface area contributed by atoms with E-state index in [9.17, 15) is 9.59 Å². The van der Waals surface area contributed by atoms with E-state index in [1.54, 1.807) is 13.8 Å². The van der Waals surface area contributed by atoms with Crippen LogP contribution in [0.3, 0.4) is 0 Å². The first kappa shape index (κ1) is 21.8. The highest BCUT2D eigenvalue weighted by molar-refractivity contribution is 6.98. The minimum atomic E-state index is -1.24. The zero-order valence-electron chi connectivity index (χ0n) is 15.3. The molecule has 4 heteroatoms. The standard InChI is InChI=1S/C18H38O2Si2/c1-4-5-6-7-8-9-10-11-12-13-14-15-22(18(3)20)16-21-17(2)19/h22H,4-16,21H2,1-3H3. The highest BCUT2D eigenvalue weighted by Crippen LogP contribution is 2.13. The molecule has 0 bridgehead atoms. The van der Waals surface area contributed by atoms with Crippen LogP contribution in [0.15, 0.2) is 0 Å². The van der Waals surface area contributed by atoms with Gasteiger partial charge in [-0.3, -0.25) is 0 Å². The lowest BCUT2D eigenvalue weighted by Crippen LogP contribution is -2.27. The molecule has 0 aliphatic carbocycles. The summed E-state index contributed by atoms with van der Waals surface area (Å²) < 4.78 is 0. The van der Waals surface area contributed by atoms with Gasteiger partial charge in [-0.15, -0.1) is 0 Å². The van der Waals surface area contributed by atoms with Gasteiger partial charge < -0.3 is 9.59 Å². The van der Waals surface area contributed by atoms with E-state index in [1.165, 1.54) is 70.6 Å². The van der Waals surface area contributed by atoms with Crippen LogP contribution in [0.25, 0.3) is 0 Å². The maximum Gasteiger partial charge on any atom is 0.114 e. The number of carbonyl (C=O) groups excluding carboxylic acids is 2. The lowest BCUT2D eigenvalue weighted by molar-refractivity contribution is -0.110. The van der Waals surface area contributed by atoms with Gasteiger partial charge in [0.2, 0.25) is 0 Å². The van der Waals surface area contributed by atoms with Gasteiger partial charge in [0.15, 0.2) is 0 Å². The van der Waals surface area contributed by atoms with Gasteiger partial charge in [-0.2, -0.15) is 0 Å². The number of unbranched alkanes of at least 4 members (excludes halogenated alkanes) is 10. The molecule has 130 valence electrons. The van der Waals surface area contributed by atoms with E-state index in [4.69, 9.17) is 0 Å². The van der Waals surface area contributed by atoms with Crippen LogP contribution in [0.5, 0.6) is 0 Å². The van der Waals surface area contributed by atoms with Crippen LogP contribution >= 0.6 is 0 Å². The lowest BCUT2D eigenvalue weighted by Gasteiger charge is -2.10. The lowest BCUT2D eigenvalue weighted by atomic mass is 10.1. The Morgan fingerprint density at radius 1 is 0.773 bits per heavy atom. The smallest absolute Gasteiger partial charge is 0.114 e. The summed E-state index contributed by atoms with van der Waals surface area (Å²) in [7, 11) is -1.84. The van der Waals surface area contributed by atoms with Crippen LogP contribution in [-0.4, -0.2) is 29.1 Å². The maximum atomic E-state index is 11.6. The molecule has 1 atom stereocenters. The van der Waals surface area contributed by atoms with Crippen LogP contribution < -0.4 is 0 Å². The van der Waals surface area contributed by atoms with Crippen molar-refractivity contribution in [2.24, 2.45) is 0 Å². The summed E-state index contributed by atoms with van der Waals surface area (Å²) in [5.74, 6) is 0. The molecule has 0 saturated carbocycles. The summed E-state index contributed by atoms with van der Waals surface area (Å²) >= 11 is 0. The van der Waals surface area contributed by atoms with Crippen molar-refractivity contribution in [2.45, 2.75) is 103 Å². The summed E-state index contributed by atoms with van der Waals surface area (Å²) in [6.45, 7) is 5.71. The van der Waals surface area contributed by atoms with Gasteiger partial charge in [-0.25, -0.2) is 0 Å². The molecule has 0 radical (unpaired) electrons. The first-order valence-electron chi connectivity index (χ1n) is 9.57. The van der Waals surface area contributed by atoms with Crippen LogP contribution in [0.4, 0.5) is 0 Å². The van der Waals surface area contributed by atoms with E-state index in [1.807, 2.05) is 0 Å². The molecular weight excluding hydrogens is 304 g/mol. The minimum absolute atomic E-state index is 0.373. The summed E-state index contributed by atoms with van der Waals surface area (Å²) in [6.07, 6.45) is 15.0. The third-order valence-corrected chi connectivity index (χ3v) is 11.5. The minimum Gasteiger partial charge on any atom is -0.307 e. The number of hydrogen-bond acceptors (Lipinski definition) is 2. The summed E-state index contributed by atoms with van der Waals surface area (Å²) in [5, 5.41) is 0.804. The molecule has 0 fully saturated rings. The van der Waals surface area contributed by atoms with Crippen molar-refractivity contribution in [1.29, 1.82) is 0 Å². The molecule has 0 saturated heterocycles. The van der Waals surface area contributed by atoms with E-state index in [0.29, 0.717) is 10.8 Å². The molecule has 22 heavy (non-hydrogen) atoms.